The van der Waals surface area contributed by atoms with Gasteiger partial charge in [0.2, 0.25) is 15.7 Å². The van der Waals surface area contributed by atoms with Gasteiger partial charge in [-0.1, -0.05) is 18.2 Å². The van der Waals surface area contributed by atoms with Gasteiger partial charge in [-0.3, -0.25) is 9.59 Å². The standard InChI is InChI=1S/C21H19N3O7S/c1-30-14-6-5-7-15(12-14)32(28,29)19-10-11-20(26)24(23-19)13-18(25)22-17-9-4-3-8-16(17)21(27)31-2/h3-12H,13H2,1-2H3,(H,22,25). The number of para-hydroxylation sites is 1. The normalized spacial score (nSPS) is 10.9. The molecule has 0 aliphatic heterocycles. The second-order valence-corrected chi connectivity index (χ2v) is 8.33. The fraction of sp³-hybridized carbons (Fsp3) is 0.143. The smallest absolute Gasteiger partial charge is 0.339 e. The zero-order valence-electron chi connectivity index (χ0n) is 17.1. The Labute approximate surface area is 183 Å². The summed E-state index contributed by atoms with van der Waals surface area (Å²) in [6, 6.07) is 14.0. The second-order valence-electron chi connectivity index (χ2n) is 6.44. The lowest BCUT2D eigenvalue weighted by atomic mass is 10.2. The van der Waals surface area contributed by atoms with E-state index in [1.54, 1.807) is 18.2 Å². The van der Waals surface area contributed by atoms with Crippen molar-refractivity contribution in [2.24, 2.45) is 0 Å². The molecule has 1 aromatic heterocycles. The number of sulfone groups is 1. The van der Waals surface area contributed by atoms with Crippen LogP contribution in [-0.4, -0.2) is 44.3 Å². The van der Waals surface area contributed by atoms with Crippen molar-refractivity contribution in [2.45, 2.75) is 16.5 Å². The minimum atomic E-state index is -4.07. The molecule has 0 aliphatic rings. The lowest BCUT2D eigenvalue weighted by Crippen LogP contribution is -2.30. The molecule has 0 atom stereocenters. The van der Waals surface area contributed by atoms with E-state index in [1.165, 1.54) is 44.6 Å². The Kier molecular flexibility index (Phi) is 6.69. The number of hydrogen-bond donors (Lipinski definition) is 1. The highest BCUT2D eigenvalue weighted by Gasteiger charge is 2.22. The Morgan fingerprint density at radius 3 is 2.50 bits per heavy atom. The Morgan fingerprint density at radius 2 is 1.78 bits per heavy atom. The molecule has 3 aromatic rings. The van der Waals surface area contributed by atoms with Crippen LogP contribution in [0.2, 0.25) is 0 Å². The molecule has 0 spiro atoms. The number of carbonyl (C=O) groups excluding carboxylic acids is 2. The number of benzene rings is 2. The van der Waals surface area contributed by atoms with E-state index in [0.717, 1.165) is 16.8 Å². The molecule has 0 bridgehead atoms. The maximum absolute atomic E-state index is 12.9. The summed E-state index contributed by atoms with van der Waals surface area (Å²) in [7, 11) is -1.46. The molecule has 166 valence electrons. The SMILES string of the molecule is COC(=O)c1ccccc1NC(=O)Cn1nc(S(=O)(=O)c2cccc(OC)c2)ccc1=O. The molecule has 0 saturated heterocycles. The molecule has 1 heterocycles. The predicted molar refractivity (Wildman–Crippen MR) is 113 cm³/mol. The number of rotatable bonds is 7. The van der Waals surface area contributed by atoms with Crippen LogP contribution >= 0.6 is 0 Å². The van der Waals surface area contributed by atoms with Crippen LogP contribution in [0.3, 0.4) is 0 Å². The number of esters is 1. The molecule has 11 heteroatoms. The first-order chi connectivity index (χ1) is 15.3. The number of methoxy groups -OCH3 is 2. The Bertz CT molecular complexity index is 1330. The molecule has 0 fully saturated rings. The molecule has 0 unspecified atom stereocenters. The van der Waals surface area contributed by atoms with Crippen molar-refractivity contribution in [1.29, 1.82) is 0 Å². The number of aromatic nitrogens is 2. The number of nitrogens with one attached hydrogen (secondary N) is 1. The van der Waals surface area contributed by atoms with E-state index in [1.807, 2.05) is 0 Å². The third-order valence-electron chi connectivity index (χ3n) is 4.37. The summed E-state index contributed by atoms with van der Waals surface area (Å²) in [6.07, 6.45) is 0. The largest absolute Gasteiger partial charge is 0.497 e. The average molecular weight is 457 g/mol. The van der Waals surface area contributed by atoms with Gasteiger partial charge in [-0.05, 0) is 36.4 Å². The van der Waals surface area contributed by atoms with E-state index < -0.39 is 38.8 Å². The lowest BCUT2D eigenvalue weighted by Gasteiger charge is -2.11. The molecule has 0 saturated carbocycles. The van der Waals surface area contributed by atoms with Gasteiger partial charge in [0.25, 0.3) is 5.56 Å². The van der Waals surface area contributed by atoms with Crippen molar-refractivity contribution in [3.8, 4) is 5.75 Å². The Hall–Kier alpha value is -3.99. The van der Waals surface area contributed by atoms with Crippen LogP contribution in [0.1, 0.15) is 10.4 Å². The summed E-state index contributed by atoms with van der Waals surface area (Å²) in [5.74, 6) is -1.00. The van der Waals surface area contributed by atoms with E-state index in [0.29, 0.717) is 5.75 Å². The molecular formula is C21H19N3O7S. The number of ether oxygens (including phenoxy) is 2. The zero-order valence-corrected chi connectivity index (χ0v) is 18.0. The van der Waals surface area contributed by atoms with Crippen molar-refractivity contribution >= 4 is 27.4 Å². The van der Waals surface area contributed by atoms with Crippen LogP contribution in [0.25, 0.3) is 0 Å². The van der Waals surface area contributed by atoms with Gasteiger partial charge in [-0.25, -0.2) is 17.9 Å². The number of hydrogen-bond acceptors (Lipinski definition) is 8. The quantitative estimate of drug-likeness (QED) is 0.528. The average Bonchev–Trinajstić information content (AvgIpc) is 2.80. The van der Waals surface area contributed by atoms with Crippen LogP contribution in [0.15, 0.2) is 75.4 Å². The van der Waals surface area contributed by atoms with Crippen molar-refractivity contribution < 1.29 is 27.5 Å². The van der Waals surface area contributed by atoms with Gasteiger partial charge in [0.1, 0.15) is 12.3 Å². The maximum atomic E-state index is 12.9. The van der Waals surface area contributed by atoms with Crippen LogP contribution < -0.4 is 15.6 Å². The Balaban J connectivity index is 1.88. The van der Waals surface area contributed by atoms with E-state index >= 15 is 0 Å². The highest BCUT2D eigenvalue weighted by molar-refractivity contribution is 7.91. The van der Waals surface area contributed by atoms with Gasteiger partial charge < -0.3 is 14.8 Å². The highest BCUT2D eigenvalue weighted by Crippen LogP contribution is 2.22. The van der Waals surface area contributed by atoms with Crippen molar-refractivity contribution in [3.63, 3.8) is 0 Å². The summed E-state index contributed by atoms with van der Waals surface area (Å²) >= 11 is 0. The molecule has 1 amide bonds. The van der Waals surface area contributed by atoms with Crippen LogP contribution in [-0.2, 0) is 25.9 Å². The van der Waals surface area contributed by atoms with Gasteiger partial charge >= 0.3 is 5.97 Å². The molecular weight excluding hydrogens is 438 g/mol. The molecule has 0 radical (unpaired) electrons. The third kappa shape index (κ3) is 4.83. The first-order valence-corrected chi connectivity index (χ1v) is 10.7. The lowest BCUT2D eigenvalue weighted by molar-refractivity contribution is -0.117. The molecule has 10 nitrogen and oxygen atoms in total. The number of anilines is 1. The Morgan fingerprint density at radius 1 is 1.03 bits per heavy atom. The van der Waals surface area contributed by atoms with Gasteiger partial charge in [0, 0.05) is 6.07 Å². The van der Waals surface area contributed by atoms with Crippen LogP contribution in [0.5, 0.6) is 5.75 Å². The first kappa shape index (κ1) is 22.7. The van der Waals surface area contributed by atoms with E-state index in [2.05, 4.69) is 15.2 Å². The maximum Gasteiger partial charge on any atom is 0.339 e. The minimum absolute atomic E-state index is 0.0778. The number of amides is 1. The molecule has 1 N–H and O–H groups in total. The zero-order chi connectivity index (χ0) is 23.3. The van der Waals surface area contributed by atoms with Gasteiger partial charge in [-0.2, -0.15) is 5.10 Å². The molecule has 3 rings (SSSR count). The summed E-state index contributed by atoms with van der Waals surface area (Å²) in [5, 5.41) is 5.95. The molecule has 32 heavy (non-hydrogen) atoms. The van der Waals surface area contributed by atoms with Crippen molar-refractivity contribution in [2.75, 3.05) is 19.5 Å². The molecule has 2 aromatic carbocycles. The van der Waals surface area contributed by atoms with Gasteiger partial charge in [0.15, 0.2) is 5.03 Å². The molecule has 0 aliphatic carbocycles. The van der Waals surface area contributed by atoms with Crippen LogP contribution in [0, 0.1) is 0 Å². The summed E-state index contributed by atoms with van der Waals surface area (Å²) in [4.78, 5) is 36.4. The van der Waals surface area contributed by atoms with E-state index in [4.69, 9.17) is 4.74 Å². The number of carbonyl (C=O) groups is 2. The van der Waals surface area contributed by atoms with Crippen LogP contribution in [0.4, 0.5) is 5.69 Å². The summed E-state index contributed by atoms with van der Waals surface area (Å²) < 4.78 is 36.3. The van der Waals surface area contributed by atoms with E-state index in [-0.39, 0.29) is 16.1 Å². The minimum Gasteiger partial charge on any atom is -0.497 e. The number of nitrogens with zero attached hydrogens (tertiary/aromatic N) is 2. The van der Waals surface area contributed by atoms with Gasteiger partial charge in [0.05, 0.1) is 30.4 Å². The van der Waals surface area contributed by atoms with Crippen molar-refractivity contribution in [3.05, 3.63) is 76.6 Å². The van der Waals surface area contributed by atoms with E-state index in [9.17, 15) is 22.8 Å². The first-order valence-electron chi connectivity index (χ1n) is 9.21. The highest BCUT2D eigenvalue weighted by atomic mass is 32.2. The third-order valence-corrected chi connectivity index (χ3v) is 6.01. The summed E-state index contributed by atoms with van der Waals surface area (Å²) in [6.45, 7) is -0.574. The second kappa shape index (κ2) is 9.43. The summed E-state index contributed by atoms with van der Waals surface area (Å²) in [5.41, 5.74) is -0.374. The fourth-order valence-corrected chi connectivity index (χ4v) is 4.01. The monoisotopic (exact) mass is 457 g/mol. The van der Waals surface area contributed by atoms with Crippen molar-refractivity contribution in [1.82, 2.24) is 9.78 Å². The van der Waals surface area contributed by atoms with Gasteiger partial charge in [-0.15, -0.1) is 0 Å². The fourth-order valence-electron chi connectivity index (χ4n) is 2.78. The topological polar surface area (TPSA) is 134 Å². The predicted octanol–water partition coefficient (Wildman–Crippen LogP) is 1.51.